The molecule has 1 heterocycles. The molecule has 0 spiro atoms. The van der Waals surface area contributed by atoms with Crippen LogP contribution < -0.4 is 5.32 Å². The van der Waals surface area contributed by atoms with E-state index in [1.54, 1.807) is 11.0 Å². The summed E-state index contributed by atoms with van der Waals surface area (Å²) in [5.74, 6) is -0.798. The van der Waals surface area contributed by atoms with Gasteiger partial charge in [-0.3, -0.25) is 19.7 Å². The van der Waals surface area contributed by atoms with Crippen molar-refractivity contribution in [3.8, 4) is 0 Å². The zero-order valence-electron chi connectivity index (χ0n) is 16.0. The third-order valence-corrected chi connectivity index (χ3v) is 4.80. The van der Waals surface area contributed by atoms with Gasteiger partial charge in [-0.1, -0.05) is 49.2 Å². The van der Waals surface area contributed by atoms with Crippen LogP contribution in [-0.2, 0) is 4.79 Å². The number of carbonyl (C=O) groups excluding carboxylic acids is 2. The maximum atomic E-state index is 13.1. The molecule has 2 aromatic rings. The third-order valence-electron chi connectivity index (χ3n) is 4.80. The molecule has 7 nitrogen and oxygen atoms in total. The Labute approximate surface area is 169 Å². The van der Waals surface area contributed by atoms with Crippen molar-refractivity contribution in [1.82, 2.24) is 10.2 Å². The van der Waals surface area contributed by atoms with Crippen molar-refractivity contribution in [2.75, 3.05) is 13.1 Å². The number of nitrogens with one attached hydrogen (secondary N) is 1. The Morgan fingerprint density at radius 1 is 0.966 bits per heavy atom. The van der Waals surface area contributed by atoms with Gasteiger partial charge in [-0.2, -0.15) is 0 Å². The van der Waals surface area contributed by atoms with Crippen LogP contribution in [0.5, 0.6) is 0 Å². The molecule has 0 saturated carbocycles. The standard InChI is InChI=1S/C22H23N3O4/c26-21(18-11-8-12-19(16-18)25(28)29)23-20(15-17-9-4-3-5-10-17)22(27)24-13-6-1-2-7-14-24/h3-5,8-12,15-16H,1-2,6-7,13-14H2,(H,23,26)/b20-15-. The summed E-state index contributed by atoms with van der Waals surface area (Å²) < 4.78 is 0. The summed E-state index contributed by atoms with van der Waals surface area (Å²) in [4.78, 5) is 38.1. The second-order valence-electron chi connectivity index (χ2n) is 6.94. The maximum absolute atomic E-state index is 13.1. The van der Waals surface area contributed by atoms with Gasteiger partial charge in [0.2, 0.25) is 0 Å². The van der Waals surface area contributed by atoms with Crippen molar-refractivity contribution in [1.29, 1.82) is 0 Å². The first kappa shape index (κ1) is 20.3. The monoisotopic (exact) mass is 393 g/mol. The number of nitro benzene ring substituents is 1. The van der Waals surface area contributed by atoms with Crippen LogP contribution in [0.3, 0.4) is 0 Å². The lowest BCUT2D eigenvalue weighted by molar-refractivity contribution is -0.384. The summed E-state index contributed by atoms with van der Waals surface area (Å²) in [5, 5.41) is 13.7. The third kappa shape index (κ3) is 5.51. The van der Waals surface area contributed by atoms with Crippen LogP contribution in [0.2, 0.25) is 0 Å². The Hall–Kier alpha value is -3.48. The van der Waals surface area contributed by atoms with Crippen LogP contribution in [0, 0.1) is 10.1 Å². The molecule has 7 heteroatoms. The van der Waals surface area contributed by atoms with Crippen LogP contribution in [0.1, 0.15) is 41.6 Å². The lowest BCUT2D eigenvalue weighted by Gasteiger charge is -2.22. The molecule has 150 valence electrons. The van der Waals surface area contributed by atoms with Crippen molar-refractivity contribution in [3.05, 3.63) is 81.5 Å². The van der Waals surface area contributed by atoms with Crippen molar-refractivity contribution in [2.45, 2.75) is 25.7 Å². The number of non-ortho nitro benzene ring substituents is 1. The van der Waals surface area contributed by atoms with Crippen molar-refractivity contribution in [3.63, 3.8) is 0 Å². The topological polar surface area (TPSA) is 92.6 Å². The van der Waals surface area contributed by atoms with Gasteiger partial charge in [0.25, 0.3) is 17.5 Å². The van der Waals surface area contributed by atoms with Crippen molar-refractivity contribution >= 4 is 23.6 Å². The van der Waals surface area contributed by atoms with Crippen LogP contribution in [0.4, 0.5) is 5.69 Å². The second-order valence-corrected chi connectivity index (χ2v) is 6.94. The fourth-order valence-electron chi connectivity index (χ4n) is 3.27. The van der Waals surface area contributed by atoms with E-state index in [-0.39, 0.29) is 22.9 Å². The number of hydrogen-bond acceptors (Lipinski definition) is 4. The lowest BCUT2D eigenvalue weighted by Crippen LogP contribution is -2.39. The molecular weight excluding hydrogens is 370 g/mol. The Morgan fingerprint density at radius 2 is 1.66 bits per heavy atom. The first-order valence-electron chi connectivity index (χ1n) is 9.66. The average Bonchev–Trinajstić information content (AvgIpc) is 3.03. The van der Waals surface area contributed by atoms with E-state index in [1.807, 2.05) is 30.3 Å². The summed E-state index contributed by atoms with van der Waals surface area (Å²) in [6.45, 7) is 1.30. The van der Waals surface area contributed by atoms with Crippen LogP contribution in [0.15, 0.2) is 60.3 Å². The SMILES string of the molecule is O=C(N/C(=C\c1ccccc1)C(=O)N1CCCCCC1)c1cccc([N+](=O)[O-])c1. The quantitative estimate of drug-likeness (QED) is 0.475. The first-order chi connectivity index (χ1) is 14.0. The average molecular weight is 393 g/mol. The predicted octanol–water partition coefficient (Wildman–Crippen LogP) is 3.77. The van der Waals surface area contributed by atoms with E-state index in [0.717, 1.165) is 31.2 Å². The molecule has 3 rings (SSSR count). The van der Waals surface area contributed by atoms with Crippen molar-refractivity contribution < 1.29 is 14.5 Å². The predicted molar refractivity (Wildman–Crippen MR) is 110 cm³/mol. The van der Waals surface area contributed by atoms with E-state index < -0.39 is 10.8 Å². The number of nitro groups is 1. The molecule has 1 N–H and O–H groups in total. The molecule has 2 aromatic carbocycles. The van der Waals surface area contributed by atoms with E-state index in [4.69, 9.17) is 0 Å². The number of carbonyl (C=O) groups is 2. The largest absolute Gasteiger partial charge is 0.337 e. The number of rotatable bonds is 5. The molecule has 0 atom stereocenters. The van der Waals surface area contributed by atoms with Gasteiger partial charge in [0.05, 0.1) is 4.92 Å². The lowest BCUT2D eigenvalue weighted by atomic mass is 10.1. The molecule has 0 aliphatic carbocycles. The molecule has 1 aliphatic rings. The molecule has 29 heavy (non-hydrogen) atoms. The number of hydrogen-bond donors (Lipinski definition) is 1. The van der Waals surface area contributed by atoms with Gasteiger partial charge in [-0.05, 0) is 30.5 Å². The summed E-state index contributed by atoms with van der Waals surface area (Å²) >= 11 is 0. The molecule has 1 saturated heterocycles. The summed E-state index contributed by atoms with van der Waals surface area (Å²) in [7, 11) is 0. The van der Waals surface area contributed by atoms with Gasteiger partial charge < -0.3 is 10.2 Å². The fourth-order valence-corrected chi connectivity index (χ4v) is 3.27. The molecule has 1 fully saturated rings. The molecule has 1 aliphatic heterocycles. The Balaban J connectivity index is 1.87. The minimum absolute atomic E-state index is 0.127. The molecule has 0 unspecified atom stereocenters. The number of amides is 2. The number of nitrogens with zero attached hydrogens (tertiary/aromatic N) is 2. The normalized spacial score (nSPS) is 14.8. The highest BCUT2D eigenvalue weighted by molar-refractivity contribution is 6.05. The van der Waals surface area contributed by atoms with Crippen LogP contribution in [-0.4, -0.2) is 34.7 Å². The highest BCUT2D eigenvalue weighted by atomic mass is 16.6. The Kier molecular flexibility index (Phi) is 6.73. The van der Waals surface area contributed by atoms with Crippen LogP contribution in [0.25, 0.3) is 6.08 Å². The minimum atomic E-state index is -0.556. The Morgan fingerprint density at radius 3 is 2.31 bits per heavy atom. The zero-order chi connectivity index (χ0) is 20.6. The molecular formula is C22H23N3O4. The molecule has 2 amide bonds. The highest BCUT2D eigenvalue weighted by Crippen LogP contribution is 2.16. The van der Waals surface area contributed by atoms with Gasteiger partial charge >= 0.3 is 0 Å². The summed E-state index contributed by atoms with van der Waals surface area (Å²) in [6.07, 6.45) is 5.68. The van der Waals surface area contributed by atoms with E-state index >= 15 is 0 Å². The van der Waals surface area contributed by atoms with Crippen molar-refractivity contribution in [2.24, 2.45) is 0 Å². The van der Waals surface area contributed by atoms with E-state index in [0.29, 0.717) is 13.1 Å². The fraction of sp³-hybridized carbons (Fsp3) is 0.273. The second kappa shape index (κ2) is 9.64. The van der Waals surface area contributed by atoms with E-state index in [1.165, 1.54) is 24.3 Å². The van der Waals surface area contributed by atoms with E-state index in [2.05, 4.69) is 5.32 Å². The number of benzene rings is 2. The first-order valence-corrected chi connectivity index (χ1v) is 9.66. The maximum Gasteiger partial charge on any atom is 0.270 e. The molecule has 0 radical (unpaired) electrons. The summed E-state index contributed by atoms with van der Waals surface area (Å²) in [5.41, 5.74) is 0.895. The summed E-state index contributed by atoms with van der Waals surface area (Å²) in [6, 6.07) is 14.7. The van der Waals surface area contributed by atoms with E-state index in [9.17, 15) is 19.7 Å². The highest BCUT2D eigenvalue weighted by Gasteiger charge is 2.22. The van der Waals surface area contributed by atoms with Gasteiger partial charge in [0, 0.05) is 30.8 Å². The van der Waals surface area contributed by atoms with Crippen LogP contribution >= 0.6 is 0 Å². The minimum Gasteiger partial charge on any atom is -0.337 e. The van der Waals surface area contributed by atoms with Gasteiger partial charge in [0.15, 0.2) is 0 Å². The van der Waals surface area contributed by atoms with Gasteiger partial charge in [-0.15, -0.1) is 0 Å². The van der Waals surface area contributed by atoms with Gasteiger partial charge in [-0.25, -0.2) is 0 Å². The Bertz CT molecular complexity index is 917. The molecule has 0 aromatic heterocycles. The molecule has 0 bridgehead atoms. The van der Waals surface area contributed by atoms with Gasteiger partial charge in [0.1, 0.15) is 5.70 Å². The number of likely N-dealkylation sites (tertiary alicyclic amines) is 1. The smallest absolute Gasteiger partial charge is 0.270 e. The zero-order valence-corrected chi connectivity index (χ0v) is 16.0.